The van der Waals surface area contributed by atoms with Crippen molar-refractivity contribution in [1.29, 1.82) is 0 Å². The Hall–Kier alpha value is -1.41. The molecule has 0 bridgehead atoms. The van der Waals surface area contributed by atoms with Gasteiger partial charge in [-0.3, -0.25) is 9.48 Å². The van der Waals surface area contributed by atoms with E-state index in [1.165, 1.54) is 10.7 Å². The average Bonchev–Trinajstić information content (AvgIpc) is 3.23. The van der Waals surface area contributed by atoms with Crippen molar-refractivity contribution in [1.82, 2.24) is 19.4 Å². The number of carbonyl (C=O) groups excluding carboxylic acids is 1. The Morgan fingerprint density at radius 3 is 2.74 bits per heavy atom. The van der Waals surface area contributed by atoms with Crippen molar-refractivity contribution < 1.29 is 13.2 Å². The molecule has 1 aliphatic heterocycles. The van der Waals surface area contributed by atoms with Crippen molar-refractivity contribution in [3.05, 3.63) is 11.8 Å². The summed E-state index contributed by atoms with van der Waals surface area (Å²) in [6, 6.07) is 1.79. The molecule has 2 heterocycles. The van der Waals surface area contributed by atoms with Gasteiger partial charge in [0.1, 0.15) is 0 Å². The minimum atomic E-state index is -3.55. The van der Waals surface area contributed by atoms with E-state index in [2.05, 4.69) is 30.6 Å². The second kappa shape index (κ2) is 5.90. The first-order chi connectivity index (χ1) is 10.8. The molecule has 0 radical (unpaired) electrons. The van der Waals surface area contributed by atoms with Gasteiger partial charge in [0, 0.05) is 24.7 Å². The molecule has 0 saturated heterocycles. The van der Waals surface area contributed by atoms with E-state index in [9.17, 15) is 13.2 Å². The highest BCUT2D eigenvalue weighted by molar-refractivity contribution is 7.89. The van der Waals surface area contributed by atoms with E-state index in [1.54, 1.807) is 0 Å². The summed E-state index contributed by atoms with van der Waals surface area (Å²) in [6.45, 7) is 7.08. The lowest BCUT2D eigenvalue weighted by Crippen LogP contribution is -2.43. The molecular formula is C15H24N4O3S. The van der Waals surface area contributed by atoms with Gasteiger partial charge in [-0.1, -0.05) is 20.3 Å². The van der Waals surface area contributed by atoms with Gasteiger partial charge in [0.15, 0.2) is 10.7 Å². The highest BCUT2D eigenvalue weighted by Gasteiger charge is 2.39. The molecule has 1 saturated carbocycles. The van der Waals surface area contributed by atoms with Crippen LogP contribution < -0.4 is 4.72 Å². The maximum atomic E-state index is 13.0. The van der Waals surface area contributed by atoms with Crippen LogP contribution in [0.15, 0.2) is 11.1 Å². The molecular weight excluding hydrogens is 316 g/mol. The first-order valence-corrected chi connectivity index (χ1v) is 9.73. The number of fused-ring (bicyclic) bond motifs is 1. The van der Waals surface area contributed by atoms with Crippen LogP contribution in [0.5, 0.6) is 0 Å². The molecule has 23 heavy (non-hydrogen) atoms. The minimum Gasteiger partial charge on any atom is -0.331 e. The van der Waals surface area contributed by atoms with Gasteiger partial charge in [-0.2, -0.15) is 5.10 Å². The second-order valence-corrected chi connectivity index (χ2v) is 8.27. The molecule has 1 aromatic rings. The van der Waals surface area contributed by atoms with Crippen LogP contribution in [-0.2, 0) is 16.6 Å². The lowest BCUT2D eigenvalue weighted by Gasteiger charge is -2.32. The number of hydrogen-bond acceptors (Lipinski definition) is 4. The summed E-state index contributed by atoms with van der Waals surface area (Å²) in [5.41, 5.74) is 0.231. The fourth-order valence-electron chi connectivity index (χ4n) is 3.02. The lowest BCUT2D eigenvalue weighted by molar-refractivity contribution is 0.0608. The van der Waals surface area contributed by atoms with Crippen LogP contribution in [0.1, 0.15) is 50.5 Å². The quantitative estimate of drug-likeness (QED) is 0.873. The fraction of sp³-hybridized carbons (Fsp3) is 0.733. The molecule has 2 atom stereocenters. The van der Waals surface area contributed by atoms with Crippen molar-refractivity contribution in [2.75, 3.05) is 6.54 Å². The van der Waals surface area contributed by atoms with Crippen LogP contribution in [0.2, 0.25) is 0 Å². The second-order valence-electron chi connectivity index (χ2n) is 6.56. The predicted octanol–water partition coefficient (Wildman–Crippen LogP) is 1.21. The van der Waals surface area contributed by atoms with Gasteiger partial charge < -0.3 is 4.90 Å². The first-order valence-electron chi connectivity index (χ1n) is 8.25. The van der Waals surface area contributed by atoms with Crippen LogP contribution >= 0.6 is 0 Å². The molecule has 3 rings (SSSR count). The summed E-state index contributed by atoms with van der Waals surface area (Å²) in [5.74, 6) is 0.236. The highest BCUT2D eigenvalue weighted by Crippen LogP contribution is 2.33. The molecule has 1 amide bonds. The van der Waals surface area contributed by atoms with Crippen molar-refractivity contribution in [3.63, 3.8) is 0 Å². The molecule has 1 N–H and O–H groups in total. The summed E-state index contributed by atoms with van der Waals surface area (Å²) in [4.78, 5) is 14.9. The summed E-state index contributed by atoms with van der Waals surface area (Å²) >= 11 is 0. The first kappa shape index (κ1) is 16.4. The Morgan fingerprint density at radius 1 is 1.48 bits per heavy atom. The Morgan fingerprint density at radius 2 is 2.17 bits per heavy atom. The van der Waals surface area contributed by atoms with Crippen LogP contribution in [0, 0.1) is 5.92 Å². The zero-order valence-corrected chi connectivity index (χ0v) is 14.6. The third-order valence-corrected chi connectivity index (χ3v) is 6.40. The van der Waals surface area contributed by atoms with Gasteiger partial charge >= 0.3 is 0 Å². The summed E-state index contributed by atoms with van der Waals surface area (Å²) in [6.07, 6.45) is 3.02. The zero-order valence-electron chi connectivity index (χ0n) is 13.8. The van der Waals surface area contributed by atoms with Crippen LogP contribution in [0.25, 0.3) is 0 Å². The molecule has 128 valence electrons. The molecule has 7 nitrogen and oxygen atoms in total. The lowest BCUT2D eigenvalue weighted by atomic mass is 9.98. The van der Waals surface area contributed by atoms with Crippen molar-refractivity contribution >= 4 is 15.9 Å². The number of sulfonamides is 1. The standard InChI is InChI=1S/C15H24N4O3S/c1-4-10(2)11(3)19(12-5-6-12)15(20)13-9-14-18(17-13)8-7-16-23(14,21)22/h9-12,16H,4-8H2,1-3H3. The van der Waals surface area contributed by atoms with E-state index in [-0.39, 0.29) is 28.7 Å². The van der Waals surface area contributed by atoms with Crippen LogP contribution in [-0.4, -0.2) is 47.6 Å². The van der Waals surface area contributed by atoms with Gasteiger partial charge in [0.2, 0.25) is 0 Å². The molecule has 2 unspecified atom stereocenters. The maximum absolute atomic E-state index is 13.0. The Balaban J connectivity index is 1.91. The largest absolute Gasteiger partial charge is 0.331 e. The average molecular weight is 340 g/mol. The third-order valence-electron chi connectivity index (χ3n) is 4.93. The van der Waals surface area contributed by atoms with Crippen LogP contribution in [0.3, 0.4) is 0 Å². The topological polar surface area (TPSA) is 84.3 Å². The number of hydrogen-bond donors (Lipinski definition) is 1. The van der Waals surface area contributed by atoms with E-state index in [4.69, 9.17) is 0 Å². The van der Waals surface area contributed by atoms with E-state index in [0.29, 0.717) is 19.0 Å². The SMILES string of the molecule is CCC(C)C(C)N(C(=O)c1cc2n(n1)CCNS2(=O)=O)C1CC1. The third kappa shape index (κ3) is 3.01. The Kier molecular flexibility index (Phi) is 4.22. The number of amides is 1. The zero-order chi connectivity index (χ0) is 16.8. The molecule has 1 fully saturated rings. The number of aromatic nitrogens is 2. The fourth-order valence-corrected chi connectivity index (χ4v) is 4.21. The molecule has 0 spiro atoms. The summed E-state index contributed by atoms with van der Waals surface area (Å²) < 4.78 is 27.9. The summed E-state index contributed by atoms with van der Waals surface area (Å²) in [5, 5.41) is 4.33. The number of nitrogens with one attached hydrogen (secondary N) is 1. The minimum absolute atomic E-state index is 0.0824. The number of nitrogens with zero attached hydrogens (tertiary/aromatic N) is 3. The Bertz CT molecular complexity index is 708. The van der Waals surface area contributed by atoms with E-state index in [0.717, 1.165) is 19.3 Å². The number of carbonyl (C=O) groups is 1. The molecule has 1 aliphatic carbocycles. The Labute approximate surface area is 137 Å². The molecule has 0 aromatic carbocycles. The van der Waals surface area contributed by atoms with Gasteiger partial charge in [0.25, 0.3) is 15.9 Å². The van der Waals surface area contributed by atoms with Gasteiger partial charge in [-0.25, -0.2) is 13.1 Å². The van der Waals surface area contributed by atoms with Gasteiger partial charge in [-0.05, 0) is 25.7 Å². The van der Waals surface area contributed by atoms with Gasteiger partial charge in [-0.15, -0.1) is 0 Å². The van der Waals surface area contributed by atoms with E-state index >= 15 is 0 Å². The van der Waals surface area contributed by atoms with E-state index < -0.39 is 10.0 Å². The van der Waals surface area contributed by atoms with E-state index in [1.807, 2.05) is 4.90 Å². The van der Waals surface area contributed by atoms with Crippen molar-refractivity contribution in [3.8, 4) is 0 Å². The predicted molar refractivity (Wildman–Crippen MR) is 85.5 cm³/mol. The molecule has 1 aromatic heterocycles. The summed E-state index contributed by atoms with van der Waals surface area (Å²) in [7, 11) is -3.55. The highest BCUT2D eigenvalue weighted by atomic mass is 32.2. The maximum Gasteiger partial charge on any atom is 0.274 e. The van der Waals surface area contributed by atoms with Crippen molar-refractivity contribution in [2.45, 2.75) is 63.7 Å². The van der Waals surface area contributed by atoms with Crippen LogP contribution in [0.4, 0.5) is 0 Å². The molecule has 2 aliphatic rings. The smallest absolute Gasteiger partial charge is 0.274 e. The van der Waals surface area contributed by atoms with Crippen molar-refractivity contribution in [2.24, 2.45) is 5.92 Å². The normalized spacial score (nSPS) is 22.2. The monoisotopic (exact) mass is 340 g/mol. The number of rotatable bonds is 5. The molecule has 8 heteroatoms. The van der Waals surface area contributed by atoms with Gasteiger partial charge in [0.05, 0.1) is 6.54 Å².